The number of thioether (sulfide) groups is 1. The van der Waals surface area contributed by atoms with Gasteiger partial charge in [0.15, 0.2) is 4.34 Å². The first kappa shape index (κ1) is 9.55. The number of hydrogen-bond acceptors (Lipinski definition) is 4. The van der Waals surface area contributed by atoms with Gasteiger partial charge in [0.05, 0.1) is 0 Å². The molecule has 1 aromatic heterocycles. The summed E-state index contributed by atoms with van der Waals surface area (Å²) in [4.78, 5) is 4.46. The molecule has 0 spiro atoms. The Hall–Kier alpha value is -1.00. The van der Waals surface area contributed by atoms with E-state index in [4.69, 9.17) is 5.73 Å². The number of nitrogens with zero attached hydrogens (tertiary/aromatic N) is 1. The van der Waals surface area contributed by atoms with Crippen LogP contribution >= 0.6 is 23.1 Å². The van der Waals surface area contributed by atoms with E-state index in [0.717, 1.165) is 20.6 Å². The molecule has 0 atom stereocenters. The van der Waals surface area contributed by atoms with Gasteiger partial charge in [-0.2, -0.15) is 0 Å². The van der Waals surface area contributed by atoms with Crippen LogP contribution in [0.3, 0.4) is 0 Å². The molecule has 14 heavy (non-hydrogen) atoms. The molecule has 4 heteroatoms. The second-order valence-electron chi connectivity index (χ2n) is 2.76. The number of rotatable bonds is 2. The summed E-state index contributed by atoms with van der Waals surface area (Å²) in [6.45, 7) is 0. The Kier molecular flexibility index (Phi) is 2.74. The minimum atomic E-state index is 0.792. The predicted octanol–water partition coefficient (Wildman–Crippen LogP) is 3.11. The lowest BCUT2D eigenvalue weighted by molar-refractivity contribution is 1.26. The zero-order valence-electron chi connectivity index (χ0n) is 7.73. The van der Waals surface area contributed by atoms with Crippen molar-refractivity contribution in [2.24, 2.45) is 0 Å². The van der Waals surface area contributed by atoms with Gasteiger partial charge in [-0.05, 0) is 6.26 Å². The van der Waals surface area contributed by atoms with Crippen molar-refractivity contribution in [2.45, 2.75) is 4.34 Å². The van der Waals surface area contributed by atoms with Gasteiger partial charge in [-0.1, -0.05) is 53.4 Å². The van der Waals surface area contributed by atoms with Crippen LogP contribution in [0.1, 0.15) is 0 Å². The fourth-order valence-electron chi connectivity index (χ4n) is 1.20. The minimum Gasteiger partial charge on any atom is -0.389 e. The first-order valence-corrected chi connectivity index (χ1v) is 6.21. The highest BCUT2D eigenvalue weighted by Gasteiger charge is 2.08. The molecule has 0 radical (unpaired) electrons. The van der Waals surface area contributed by atoms with Crippen LogP contribution in [0.2, 0.25) is 0 Å². The fourth-order valence-corrected chi connectivity index (χ4v) is 2.57. The summed E-state index contributed by atoms with van der Waals surface area (Å²) in [5.74, 6) is 0. The van der Waals surface area contributed by atoms with E-state index in [1.165, 1.54) is 11.3 Å². The van der Waals surface area contributed by atoms with Gasteiger partial charge in [0.2, 0.25) is 0 Å². The lowest BCUT2D eigenvalue weighted by Gasteiger charge is -1.96. The molecular weight excluding hydrogens is 212 g/mol. The summed E-state index contributed by atoms with van der Waals surface area (Å²) >= 11 is 3.16. The van der Waals surface area contributed by atoms with Crippen molar-refractivity contribution in [3.63, 3.8) is 0 Å². The van der Waals surface area contributed by atoms with E-state index >= 15 is 0 Å². The molecule has 2 rings (SSSR count). The van der Waals surface area contributed by atoms with E-state index in [9.17, 15) is 0 Å². The number of nitrogen functional groups attached to an aromatic ring is 1. The van der Waals surface area contributed by atoms with Gasteiger partial charge in [0.1, 0.15) is 10.7 Å². The molecule has 1 aromatic carbocycles. The van der Waals surface area contributed by atoms with Crippen molar-refractivity contribution in [1.82, 2.24) is 4.98 Å². The fraction of sp³-hybridized carbons (Fsp3) is 0.100. The highest BCUT2D eigenvalue weighted by atomic mass is 32.2. The molecule has 2 aromatic rings. The maximum absolute atomic E-state index is 5.89. The maximum atomic E-state index is 5.89. The summed E-state index contributed by atoms with van der Waals surface area (Å²) in [7, 11) is 0. The monoisotopic (exact) mass is 222 g/mol. The molecule has 0 unspecified atom stereocenters. The third-order valence-electron chi connectivity index (χ3n) is 1.86. The molecule has 0 bridgehead atoms. The average Bonchev–Trinajstić information content (AvgIpc) is 2.61. The average molecular weight is 222 g/mol. The Labute approximate surface area is 91.2 Å². The van der Waals surface area contributed by atoms with E-state index in [1.54, 1.807) is 11.8 Å². The van der Waals surface area contributed by atoms with E-state index < -0.39 is 0 Å². The summed E-state index contributed by atoms with van der Waals surface area (Å²) in [5, 5.41) is 0.792. The smallest absolute Gasteiger partial charge is 0.152 e. The maximum Gasteiger partial charge on any atom is 0.152 e. The summed E-state index contributed by atoms with van der Waals surface area (Å²) < 4.78 is 1.02. The van der Waals surface area contributed by atoms with Gasteiger partial charge in [0.25, 0.3) is 0 Å². The number of hydrogen-bond donors (Lipinski definition) is 1. The topological polar surface area (TPSA) is 38.9 Å². The molecule has 1 heterocycles. The standard InChI is InChI=1S/C10H10N2S2/c1-13-10-12-8(9(11)14-10)7-5-3-2-4-6-7/h2-6H,11H2,1H3. The second-order valence-corrected chi connectivity index (χ2v) is 4.85. The Morgan fingerprint density at radius 2 is 2.00 bits per heavy atom. The van der Waals surface area contributed by atoms with Crippen molar-refractivity contribution in [3.05, 3.63) is 30.3 Å². The van der Waals surface area contributed by atoms with Crippen LogP contribution in [-0.2, 0) is 0 Å². The molecule has 0 amide bonds. The third-order valence-corrected chi connectivity index (χ3v) is 3.73. The molecule has 0 fully saturated rings. The number of anilines is 1. The van der Waals surface area contributed by atoms with Gasteiger partial charge in [-0.25, -0.2) is 4.98 Å². The van der Waals surface area contributed by atoms with E-state index in [0.29, 0.717) is 0 Å². The van der Waals surface area contributed by atoms with Gasteiger partial charge in [-0.15, -0.1) is 0 Å². The highest BCUT2D eigenvalue weighted by molar-refractivity contribution is 8.00. The van der Waals surface area contributed by atoms with E-state index in [-0.39, 0.29) is 0 Å². The number of benzene rings is 1. The molecule has 0 aliphatic heterocycles. The van der Waals surface area contributed by atoms with Crippen LogP contribution < -0.4 is 5.73 Å². The van der Waals surface area contributed by atoms with Crippen molar-refractivity contribution in [2.75, 3.05) is 12.0 Å². The number of thiazole rings is 1. The Morgan fingerprint density at radius 1 is 1.29 bits per heavy atom. The molecule has 0 saturated carbocycles. The normalized spacial score (nSPS) is 10.4. The van der Waals surface area contributed by atoms with Gasteiger partial charge in [0, 0.05) is 5.56 Å². The quantitative estimate of drug-likeness (QED) is 0.793. The predicted molar refractivity (Wildman–Crippen MR) is 63.7 cm³/mol. The third kappa shape index (κ3) is 1.76. The summed E-state index contributed by atoms with van der Waals surface area (Å²) in [6.07, 6.45) is 2.01. The van der Waals surface area contributed by atoms with Crippen molar-refractivity contribution >= 4 is 28.1 Å². The zero-order chi connectivity index (χ0) is 9.97. The number of nitrogens with two attached hydrogens (primary N) is 1. The lowest BCUT2D eigenvalue weighted by Crippen LogP contribution is -1.84. The molecule has 0 aliphatic rings. The van der Waals surface area contributed by atoms with Gasteiger partial charge >= 0.3 is 0 Å². The Morgan fingerprint density at radius 3 is 2.57 bits per heavy atom. The van der Waals surface area contributed by atoms with Crippen molar-refractivity contribution in [3.8, 4) is 11.3 Å². The highest BCUT2D eigenvalue weighted by Crippen LogP contribution is 2.34. The summed E-state index contributed by atoms with van der Waals surface area (Å²) in [5.41, 5.74) is 7.88. The van der Waals surface area contributed by atoms with Crippen LogP contribution in [0.25, 0.3) is 11.3 Å². The van der Waals surface area contributed by atoms with E-state index in [1.807, 2.05) is 36.6 Å². The lowest BCUT2D eigenvalue weighted by atomic mass is 10.2. The Bertz CT molecular complexity index is 423. The Balaban J connectivity index is 2.46. The van der Waals surface area contributed by atoms with Crippen LogP contribution in [0.15, 0.2) is 34.7 Å². The SMILES string of the molecule is CSc1nc(-c2ccccc2)c(N)s1. The van der Waals surface area contributed by atoms with Crippen molar-refractivity contribution < 1.29 is 0 Å². The first-order chi connectivity index (χ1) is 6.81. The van der Waals surface area contributed by atoms with Crippen LogP contribution in [-0.4, -0.2) is 11.2 Å². The first-order valence-electron chi connectivity index (χ1n) is 4.17. The van der Waals surface area contributed by atoms with Crippen LogP contribution in [0.4, 0.5) is 5.00 Å². The van der Waals surface area contributed by atoms with Gasteiger partial charge in [-0.3, -0.25) is 0 Å². The molecular formula is C10H10N2S2. The zero-order valence-corrected chi connectivity index (χ0v) is 9.36. The van der Waals surface area contributed by atoms with Gasteiger partial charge < -0.3 is 5.73 Å². The summed E-state index contributed by atoms with van der Waals surface area (Å²) in [6, 6.07) is 10.0. The molecule has 0 aliphatic carbocycles. The van der Waals surface area contributed by atoms with Crippen LogP contribution in [0.5, 0.6) is 0 Å². The molecule has 2 N–H and O–H groups in total. The van der Waals surface area contributed by atoms with Crippen LogP contribution in [0, 0.1) is 0 Å². The second kappa shape index (κ2) is 4.02. The van der Waals surface area contributed by atoms with E-state index in [2.05, 4.69) is 4.98 Å². The molecule has 2 nitrogen and oxygen atoms in total. The minimum absolute atomic E-state index is 0.792. The molecule has 0 saturated heterocycles. The largest absolute Gasteiger partial charge is 0.389 e. The number of aromatic nitrogens is 1. The van der Waals surface area contributed by atoms with Crippen molar-refractivity contribution in [1.29, 1.82) is 0 Å². The molecule has 72 valence electrons.